The number of hydrogen-bond acceptors (Lipinski definition) is 2. The van der Waals surface area contributed by atoms with Crippen molar-refractivity contribution >= 4 is 46.0 Å². The van der Waals surface area contributed by atoms with Gasteiger partial charge in [0.05, 0.1) is 19.2 Å². The Hall–Kier alpha value is -3.69. The number of benzene rings is 4. The van der Waals surface area contributed by atoms with Crippen LogP contribution in [0.5, 0.6) is 0 Å². The monoisotopic (exact) mass is 499 g/mol. The Morgan fingerprint density at radius 1 is 0.676 bits per heavy atom. The van der Waals surface area contributed by atoms with Crippen molar-refractivity contribution in [2.45, 2.75) is 45.8 Å². The minimum atomic E-state index is -1.32. The van der Waals surface area contributed by atoms with Gasteiger partial charge in [0.15, 0.2) is 0 Å². The van der Waals surface area contributed by atoms with Crippen molar-refractivity contribution in [2.75, 3.05) is 0 Å². The molecule has 2 aromatic heterocycles. The zero-order valence-corrected chi connectivity index (χ0v) is 23.5. The van der Waals surface area contributed by atoms with Gasteiger partial charge in [0, 0.05) is 17.1 Å². The molecule has 0 aliphatic rings. The Kier molecular flexibility index (Phi) is 5.39. The molecule has 3 heteroatoms. The summed E-state index contributed by atoms with van der Waals surface area (Å²) in [5.74, 6) is 0. The van der Waals surface area contributed by atoms with Gasteiger partial charge < -0.3 is 4.42 Å². The van der Waals surface area contributed by atoms with Gasteiger partial charge in [0.2, 0.25) is 0 Å². The van der Waals surface area contributed by atoms with Crippen LogP contribution in [0.4, 0.5) is 0 Å². The van der Waals surface area contributed by atoms with Crippen molar-refractivity contribution in [2.24, 2.45) is 0 Å². The lowest BCUT2D eigenvalue weighted by Crippen LogP contribution is -2.37. The minimum Gasteiger partial charge on any atom is -0.456 e. The summed E-state index contributed by atoms with van der Waals surface area (Å²) >= 11 is 0. The van der Waals surface area contributed by atoms with Gasteiger partial charge in [0.1, 0.15) is 11.2 Å². The van der Waals surface area contributed by atoms with E-state index in [1.165, 1.54) is 32.6 Å². The fourth-order valence-corrected chi connectivity index (χ4v) is 6.52. The highest BCUT2D eigenvalue weighted by Gasteiger charge is 2.21. The largest absolute Gasteiger partial charge is 0.456 e. The van der Waals surface area contributed by atoms with Crippen LogP contribution < -0.4 is 5.19 Å². The number of aromatic nitrogens is 1. The maximum atomic E-state index is 6.41. The molecule has 0 fully saturated rings. The number of nitrogens with zero attached hydrogens (tertiary/aromatic N) is 1. The molecular formula is C34H33NOSi. The Morgan fingerprint density at radius 3 is 2.14 bits per heavy atom. The topological polar surface area (TPSA) is 26.0 Å². The molecule has 0 aliphatic carbocycles. The van der Waals surface area contributed by atoms with Crippen molar-refractivity contribution in [3.63, 3.8) is 0 Å². The van der Waals surface area contributed by atoms with E-state index in [1.54, 1.807) is 0 Å². The zero-order valence-electron chi connectivity index (χ0n) is 22.5. The first kappa shape index (κ1) is 23.7. The van der Waals surface area contributed by atoms with E-state index in [1.807, 2.05) is 12.3 Å². The van der Waals surface area contributed by atoms with Crippen LogP contribution in [0.1, 0.15) is 26.3 Å². The van der Waals surface area contributed by atoms with Crippen molar-refractivity contribution in [3.8, 4) is 22.4 Å². The lowest BCUT2D eigenvalue weighted by Gasteiger charge is -2.22. The summed E-state index contributed by atoms with van der Waals surface area (Å²) in [6.07, 6.45) is 1.86. The van der Waals surface area contributed by atoms with Crippen molar-refractivity contribution in [1.29, 1.82) is 0 Å². The molecule has 0 saturated heterocycles. The van der Waals surface area contributed by atoms with Gasteiger partial charge in [-0.05, 0) is 63.2 Å². The molecule has 0 amide bonds. The lowest BCUT2D eigenvalue weighted by atomic mass is 9.82. The van der Waals surface area contributed by atoms with Crippen LogP contribution in [0.3, 0.4) is 0 Å². The molecule has 0 saturated carbocycles. The summed E-state index contributed by atoms with van der Waals surface area (Å²) in [4.78, 5) is 4.89. The average Bonchev–Trinajstić information content (AvgIpc) is 3.25. The number of fused-ring (bicyclic) bond motifs is 4. The number of rotatable bonds is 3. The van der Waals surface area contributed by atoms with E-state index in [4.69, 9.17) is 9.40 Å². The summed E-state index contributed by atoms with van der Waals surface area (Å²) in [5, 5.41) is 6.19. The van der Waals surface area contributed by atoms with E-state index >= 15 is 0 Å². The van der Waals surface area contributed by atoms with Gasteiger partial charge in [-0.2, -0.15) is 0 Å². The number of hydrogen-bond donors (Lipinski definition) is 0. The van der Waals surface area contributed by atoms with Crippen molar-refractivity contribution in [3.05, 3.63) is 96.7 Å². The molecule has 0 unspecified atom stereocenters. The molecule has 2 heterocycles. The van der Waals surface area contributed by atoms with Gasteiger partial charge in [-0.1, -0.05) is 100 Å². The van der Waals surface area contributed by atoms with Crippen molar-refractivity contribution < 1.29 is 4.42 Å². The quantitative estimate of drug-likeness (QED) is 0.227. The molecule has 6 rings (SSSR count). The van der Waals surface area contributed by atoms with Crippen LogP contribution in [0.25, 0.3) is 55.1 Å². The fraction of sp³-hybridized carbons (Fsp3) is 0.206. The van der Waals surface area contributed by atoms with E-state index in [9.17, 15) is 0 Å². The highest BCUT2D eigenvalue weighted by Crippen LogP contribution is 2.40. The standard InChI is InChI=1S/C34H33NOSi/c1-34(2,3)29-20-25(19-24-9-7-8-10-27(24)29)33-32-28-16-13-23(21-31(28)36-30(32)17-18-35-33)22-11-14-26(15-12-22)37(4,5)6/h7-21H,1-6H3. The normalized spacial score (nSPS) is 12.6. The predicted octanol–water partition coefficient (Wildman–Crippen LogP) is 9.31. The summed E-state index contributed by atoms with van der Waals surface area (Å²) < 4.78 is 6.41. The molecule has 0 aliphatic heterocycles. The summed E-state index contributed by atoms with van der Waals surface area (Å²) in [5.41, 5.74) is 7.60. The molecule has 0 radical (unpaired) electrons. The molecule has 0 spiro atoms. The van der Waals surface area contributed by atoms with Crippen LogP contribution in [-0.4, -0.2) is 13.1 Å². The maximum absolute atomic E-state index is 6.41. The van der Waals surface area contributed by atoms with Crippen LogP contribution >= 0.6 is 0 Å². The molecule has 184 valence electrons. The second-order valence-corrected chi connectivity index (χ2v) is 17.2. The fourth-order valence-electron chi connectivity index (χ4n) is 5.35. The van der Waals surface area contributed by atoms with E-state index < -0.39 is 8.07 Å². The van der Waals surface area contributed by atoms with E-state index in [-0.39, 0.29) is 5.41 Å². The Bertz CT molecular complexity index is 1780. The maximum Gasteiger partial charge on any atom is 0.139 e. The first-order valence-corrected chi connectivity index (χ1v) is 16.6. The smallest absolute Gasteiger partial charge is 0.139 e. The number of pyridine rings is 1. The molecule has 0 N–H and O–H groups in total. The van der Waals surface area contributed by atoms with Crippen LogP contribution in [0.15, 0.2) is 95.5 Å². The van der Waals surface area contributed by atoms with Crippen LogP contribution in [-0.2, 0) is 5.41 Å². The summed E-state index contributed by atoms with van der Waals surface area (Å²) in [6, 6.07) is 30.8. The number of furan rings is 1. The first-order chi connectivity index (χ1) is 17.6. The molecular weight excluding hydrogens is 466 g/mol. The molecule has 2 nitrogen and oxygen atoms in total. The van der Waals surface area contributed by atoms with Crippen LogP contribution in [0.2, 0.25) is 19.6 Å². The van der Waals surface area contributed by atoms with Gasteiger partial charge >= 0.3 is 0 Å². The molecule has 6 aromatic rings. The minimum absolute atomic E-state index is 0.0158. The van der Waals surface area contributed by atoms with E-state index in [2.05, 4.69) is 119 Å². The molecule has 37 heavy (non-hydrogen) atoms. The molecule has 0 atom stereocenters. The Balaban J connectivity index is 1.52. The zero-order chi connectivity index (χ0) is 25.9. The molecule has 4 aromatic carbocycles. The predicted molar refractivity (Wildman–Crippen MR) is 162 cm³/mol. The summed E-state index contributed by atoms with van der Waals surface area (Å²) in [7, 11) is -1.32. The van der Waals surface area contributed by atoms with Gasteiger partial charge in [0.25, 0.3) is 0 Å². The molecule has 0 bridgehead atoms. The summed E-state index contributed by atoms with van der Waals surface area (Å²) in [6.45, 7) is 14.0. The average molecular weight is 500 g/mol. The second-order valence-electron chi connectivity index (χ2n) is 12.2. The third-order valence-electron chi connectivity index (χ3n) is 7.41. The van der Waals surface area contributed by atoms with Crippen molar-refractivity contribution in [1.82, 2.24) is 4.98 Å². The second kappa shape index (κ2) is 8.42. The Labute approximate surface area is 220 Å². The lowest BCUT2D eigenvalue weighted by molar-refractivity contribution is 0.596. The van der Waals surface area contributed by atoms with Gasteiger partial charge in [-0.25, -0.2) is 0 Å². The van der Waals surface area contributed by atoms with Gasteiger partial charge in [-0.15, -0.1) is 0 Å². The third-order valence-corrected chi connectivity index (χ3v) is 9.48. The highest BCUT2D eigenvalue weighted by atomic mass is 28.3. The first-order valence-electron chi connectivity index (χ1n) is 13.1. The third kappa shape index (κ3) is 4.17. The van der Waals surface area contributed by atoms with Gasteiger partial charge in [-0.3, -0.25) is 4.98 Å². The van der Waals surface area contributed by atoms with Crippen LogP contribution in [0, 0.1) is 0 Å². The highest BCUT2D eigenvalue weighted by molar-refractivity contribution is 6.88. The SMILES string of the molecule is CC(C)(C)c1cc(-c2nccc3oc4cc(-c5ccc([Si](C)(C)C)cc5)ccc4c23)cc2ccccc12. The Morgan fingerprint density at radius 2 is 1.41 bits per heavy atom. The van der Waals surface area contributed by atoms with E-state index in [0.717, 1.165) is 33.2 Å². The van der Waals surface area contributed by atoms with E-state index in [0.29, 0.717) is 0 Å².